The third-order valence-electron chi connectivity index (χ3n) is 6.75. The van der Waals surface area contributed by atoms with Crippen molar-refractivity contribution in [3.05, 3.63) is 153 Å². The SMILES string of the molecule is Cc1[nH]n(-c2ccccc2)c(=O)c1[C@H](c1ccc(Cl)cc1)[C@H](NS(=O)(=O)c1ccc(F)cc1)C(=O)c1ccccc1. The molecule has 7 nitrogen and oxygen atoms in total. The van der Waals surface area contributed by atoms with Crippen molar-refractivity contribution < 1.29 is 17.6 Å². The number of halogens is 2. The Hall–Kier alpha value is -4.31. The predicted molar refractivity (Wildman–Crippen MR) is 156 cm³/mol. The van der Waals surface area contributed by atoms with Crippen molar-refractivity contribution in [2.24, 2.45) is 0 Å². The third kappa shape index (κ3) is 5.92. The first kappa shape index (κ1) is 28.2. The van der Waals surface area contributed by atoms with Crippen molar-refractivity contribution in [1.29, 1.82) is 0 Å². The van der Waals surface area contributed by atoms with Crippen molar-refractivity contribution in [3.8, 4) is 5.69 Å². The molecular weight excluding hydrogens is 565 g/mol. The Morgan fingerprint density at radius 3 is 2.07 bits per heavy atom. The standard InChI is InChI=1S/C31H25ClFN3O4S/c1-20-27(31(38)36(34-20)25-10-6-3-7-11-25)28(21-12-14-23(32)15-13-21)29(30(37)22-8-4-2-5-9-22)35-41(39,40)26-18-16-24(33)17-19-26/h2-19,28-29,34-35H,1H3/t28-,29-/m0/s1. The molecule has 0 amide bonds. The fourth-order valence-corrected chi connectivity index (χ4v) is 6.12. The highest BCUT2D eigenvalue weighted by molar-refractivity contribution is 7.89. The van der Waals surface area contributed by atoms with E-state index in [1.54, 1.807) is 85.8 Å². The van der Waals surface area contributed by atoms with Crippen LogP contribution < -0.4 is 10.3 Å². The molecule has 0 saturated heterocycles. The van der Waals surface area contributed by atoms with Gasteiger partial charge >= 0.3 is 0 Å². The van der Waals surface area contributed by atoms with Crippen LogP contribution in [0.2, 0.25) is 5.02 Å². The lowest BCUT2D eigenvalue weighted by Gasteiger charge is -2.27. The van der Waals surface area contributed by atoms with Gasteiger partial charge in [-0.15, -0.1) is 0 Å². The fourth-order valence-electron chi connectivity index (χ4n) is 4.78. The van der Waals surface area contributed by atoms with Gasteiger partial charge in [0.25, 0.3) is 5.56 Å². The number of nitrogens with one attached hydrogen (secondary N) is 2. The van der Waals surface area contributed by atoms with E-state index in [0.29, 0.717) is 22.0 Å². The van der Waals surface area contributed by atoms with Gasteiger partial charge in [0.2, 0.25) is 10.0 Å². The summed E-state index contributed by atoms with van der Waals surface area (Å²) in [4.78, 5) is 27.9. The second kappa shape index (κ2) is 11.7. The van der Waals surface area contributed by atoms with E-state index in [2.05, 4.69) is 9.82 Å². The maximum atomic E-state index is 14.1. The number of hydrogen-bond acceptors (Lipinski definition) is 4. The molecule has 0 radical (unpaired) electrons. The van der Waals surface area contributed by atoms with Gasteiger partial charge < -0.3 is 0 Å². The highest BCUT2D eigenvalue weighted by Crippen LogP contribution is 2.32. The number of aryl methyl sites for hydroxylation is 1. The van der Waals surface area contributed by atoms with E-state index in [4.69, 9.17) is 11.6 Å². The molecular formula is C31H25ClFN3O4S. The number of sulfonamides is 1. The van der Waals surface area contributed by atoms with Gasteiger partial charge in [0, 0.05) is 27.8 Å². The number of H-pyrrole nitrogens is 1. The van der Waals surface area contributed by atoms with E-state index in [-0.39, 0.29) is 16.0 Å². The number of aromatic nitrogens is 2. The molecule has 5 aromatic rings. The quantitative estimate of drug-likeness (QED) is 0.218. The zero-order chi connectivity index (χ0) is 29.1. The Labute approximate surface area is 241 Å². The molecule has 5 rings (SSSR count). The summed E-state index contributed by atoms with van der Waals surface area (Å²) >= 11 is 6.17. The molecule has 1 heterocycles. The highest BCUT2D eigenvalue weighted by atomic mass is 35.5. The van der Waals surface area contributed by atoms with Gasteiger partial charge in [-0.1, -0.05) is 72.3 Å². The minimum Gasteiger partial charge on any atom is -0.295 e. The molecule has 2 atom stereocenters. The summed E-state index contributed by atoms with van der Waals surface area (Å²) in [5, 5.41) is 3.50. The maximum absolute atomic E-state index is 14.1. The van der Waals surface area contributed by atoms with Crippen molar-refractivity contribution in [2.75, 3.05) is 0 Å². The second-order valence-corrected chi connectivity index (χ2v) is 11.6. The van der Waals surface area contributed by atoms with Gasteiger partial charge in [-0.25, -0.2) is 17.5 Å². The Morgan fingerprint density at radius 2 is 1.46 bits per heavy atom. The van der Waals surface area contributed by atoms with E-state index in [9.17, 15) is 22.4 Å². The first-order chi connectivity index (χ1) is 19.7. The summed E-state index contributed by atoms with van der Waals surface area (Å²) in [6, 6.07) is 26.5. The molecule has 0 spiro atoms. The smallest absolute Gasteiger partial charge is 0.275 e. The van der Waals surface area contributed by atoms with Crippen LogP contribution in [0.5, 0.6) is 0 Å². The zero-order valence-electron chi connectivity index (χ0n) is 21.8. The molecule has 0 fully saturated rings. The number of carbonyl (C=O) groups excluding carboxylic acids is 1. The van der Waals surface area contributed by atoms with Crippen molar-refractivity contribution >= 4 is 27.4 Å². The number of Topliss-reactive ketones (excluding diaryl/α,β-unsaturated/α-hetero) is 1. The number of rotatable bonds is 9. The van der Waals surface area contributed by atoms with Crippen molar-refractivity contribution in [2.45, 2.75) is 23.8 Å². The molecule has 10 heteroatoms. The van der Waals surface area contributed by atoms with Crippen LogP contribution in [-0.4, -0.2) is 30.0 Å². The molecule has 0 saturated carbocycles. The number of ketones is 1. The van der Waals surface area contributed by atoms with Gasteiger partial charge in [-0.2, -0.15) is 4.72 Å². The summed E-state index contributed by atoms with van der Waals surface area (Å²) in [6.07, 6.45) is 0. The molecule has 208 valence electrons. The largest absolute Gasteiger partial charge is 0.295 e. The minimum absolute atomic E-state index is 0.201. The Morgan fingerprint density at radius 1 is 0.878 bits per heavy atom. The number of benzene rings is 4. The van der Waals surface area contributed by atoms with E-state index in [1.807, 2.05) is 6.07 Å². The van der Waals surface area contributed by atoms with Crippen LogP contribution in [0.1, 0.15) is 33.1 Å². The number of carbonyl (C=O) groups is 1. The molecule has 0 aliphatic rings. The molecule has 0 aliphatic carbocycles. The van der Waals surface area contributed by atoms with Crippen LogP contribution in [0.15, 0.2) is 119 Å². The van der Waals surface area contributed by atoms with E-state index >= 15 is 0 Å². The molecule has 4 aromatic carbocycles. The normalized spacial score (nSPS) is 13.0. The van der Waals surface area contributed by atoms with E-state index < -0.39 is 39.1 Å². The lowest BCUT2D eigenvalue weighted by Crippen LogP contribution is -2.46. The average Bonchev–Trinajstić information content (AvgIpc) is 3.27. The zero-order valence-corrected chi connectivity index (χ0v) is 23.4. The van der Waals surface area contributed by atoms with Gasteiger partial charge in [0.1, 0.15) is 5.82 Å². The monoisotopic (exact) mass is 589 g/mol. The maximum Gasteiger partial charge on any atom is 0.275 e. The molecule has 0 unspecified atom stereocenters. The van der Waals surface area contributed by atoms with Crippen LogP contribution in [0.3, 0.4) is 0 Å². The van der Waals surface area contributed by atoms with E-state index in [1.165, 1.54) is 4.68 Å². The van der Waals surface area contributed by atoms with Crippen LogP contribution in [0, 0.1) is 12.7 Å². The lowest BCUT2D eigenvalue weighted by molar-refractivity contribution is 0.0945. The Kier molecular flexibility index (Phi) is 8.03. The first-order valence-corrected chi connectivity index (χ1v) is 14.5. The average molecular weight is 590 g/mol. The van der Waals surface area contributed by atoms with Gasteiger partial charge in [-0.05, 0) is 61.0 Å². The summed E-state index contributed by atoms with van der Waals surface area (Å²) in [7, 11) is -4.35. The number of aromatic amines is 1. The predicted octanol–water partition coefficient (Wildman–Crippen LogP) is 5.63. The molecule has 0 bridgehead atoms. The third-order valence-corrected chi connectivity index (χ3v) is 8.46. The lowest BCUT2D eigenvalue weighted by atomic mass is 9.82. The van der Waals surface area contributed by atoms with Crippen LogP contribution in [-0.2, 0) is 10.0 Å². The number of hydrogen-bond donors (Lipinski definition) is 2. The Bertz CT molecular complexity index is 1840. The van der Waals surface area contributed by atoms with Crippen LogP contribution in [0.25, 0.3) is 5.69 Å². The highest BCUT2D eigenvalue weighted by Gasteiger charge is 2.38. The number of para-hydroxylation sites is 1. The van der Waals surface area contributed by atoms with Gasteiger partial charge in [-0.3, -0.25) is 14.7 Å². The summed E-state index contributed by atoms with van der Waals surface area (Å²) in [5.41, 5.74) is 1.51. The molecule has 41 heavy (non-hydrogen) atoms. The Balaban J connectivity index is 1.73. The summed E-state index contributed by atoms with van der Waals surface area (Å²) in [6.45, 7) is 1.69. The molecule has 1 aromatic heterocycles. The minimum atomic E-state index is -4.35. The second-order valence-electron chi connectivity index (χ2n) is 9.44. The topological polar surface area (TPSA) is 101 Å². The van der Waals surface area contributed by atoms with Crippen LogP contribution >= 0.6 is 11.6 Å². The fraction of sp³-hybridized carbons (Fsp3) is 0.0968. The number of nitrogens with zero attached hydrogens (tertiary/aromatic N) is 1. The molecule has 2 N–H and O–H groups in total. The van der Waals surface area contributed by atoms with E-state index in [0.717, 1.165) is 24.3 Å². The van der Waals surface area contributed by atoms with Crippen LogP contribution in [0.4, 0.5) is 4.39 Å². The van der Waals surface area contributed by atoms with Crippen molar-refractivity contribution in [3.63, 3.8) is 0 Å². The van der Waals surface area contributed by atoms with Gasteiger partial charge in [0.15, 0.2) is 5.78 Å². The van der Waals surface area contributed by atoms with Gasteiger partial charge in [0.05, 0.1) is 16.6 Å². The summed E-state index contributed by atoms with van der Waals surface area (Å²) < 4.78 is 44.7. The summed E-state index contributed by atoms with van der Waals surface area (Å²) in [5.74, 6) is -2.23. The molecule has 0 aliphatic heterocycles. The van der Waals surface area contributed by atoms with Crippen molar-refractivity contribution in [1.82, 2.24) is 14.5 Å². The first-order valence-electron chi connectivity index (χ1n) is 12.7.